The van der Waals surface area contributed by atoms with Crippen LogP contribution < -0.4 is 5.32 Å². The smallest absolute Gasteiger partial charge is 0.0736 e. The van der Waals surface area contributed by atoms with E-state index in [1.54, 1.807) is 6.20 Å². The monoisotopic (exact) mass is 282 g/mol. The molecule has 3 heteroatoms. The van der Waals surface area contributed by atoms with E-state index in [1.165, 1.54) is 5.56 Å². The van der Waals surface area contributed by atoms with E-state index >= 15 is 0 Å². The Morgan fingerprint density at radius 1 is 1.05 bits per heavy atom. The van der Waals surface area contributed by atoms with E-state index in [2.05, 4.69) is 46.7 Å². The zero-order valence-electron chi connectivity index (χ0n) is 12.2. The molecule has 1 N–H and O–H groups in total. The largest absolute Gasteiger partial charge is 0.372 e. The maximum Gasteiger partial charge on any atom is 0.0736 e. The fourth-order valence-electron chi connectivity index (χ4n) is 2.91. The average Bonchev–Trinajstić information content (AvgIpc) is 2.55. The average molecular weight is 282 g/mol. The van der Waals surface area contributed by atoms with Crippen molar-refractivity contribution in [3.05, 3.63) is 66.0 Å². The highest BCUT2D eigenvalue weighted by molar-refractivity contribution is 5.15. The molecule has 2 atom stereocenters. The van der Waals surface area contributed by atoms with Gasteiger partial charge in [0.05, 0.1) is 12.7 Å². The lowest BCUT2D eigenvalue weighted by Crippen LogP contribution is -2.41. The fourth-order valence-corrected chi connectivity index (χ4v) is 2.91. The molecule has 0 spiro atoms. The van der Waals surface area contributed by atoms with Crippen molar-refractivity contribution in [2.75, 3.05) is 13.1 Å². The second-order valence-corrected chi connectivity index (χ2v) is 5.74. The van der Waals surface area contributed by atoms with E-state index in [4.69, 9.17) is 4.74 Å². The number of aromatic nitrogens is 1. The Balaban J connectivity index is 1.49. The Kier molecular flexibility index (Phi) is 4.98. The third-order valence-electron chi connectivity index (χ3n) is 3.98. The first-order valence-corrected chi connectivity index (χ1v) is 7.65. The maximum atomic E-state index is 6.03. The maximum absolute atomic E-state index is 6.03. The predicted octanol–water partition coefficient (Wildman–Crippen LogP) is 2.82. The van der Waals surface area contributed by atoms with Crippen LogP contribution in [0.3, 0.4) is 0 Å². The van der Waals surface area contributed by atoms with Gasteiger partial charge in [0.1, 0.15) is 0 Å². The summed E-state index contributed by atoms with van der Waals surface area (Å²) in [5.41, 5.74) is 2.56. The standard InChI is InChI=1S/C18H22N2O/c1-2-5-15(6-3-1)9-17-10-18(13-20-12-17)21-14-16-7-4-8-19-11-16/h1-8,11,17-18,20H,9-10,12-14H2/t17?,18-/m1/s1. The Labute approximate surface area is 126 Å². The third-order valence-corrected chi connectivity index (χ3v) is 3.98. The molecule has 1 aromatic carbocycles. The normalized spacial score (nSPS) is 22.1. The van der Waals surface area contributed by atoms with Crippen molar-refractivity contribution >= 4 is 0 Å². The van der Waals surface area contributed by atoms with Gasteiger partial charge >= 0.3 is 0 Å². The van der Waals surface area contributed by atoms with Gasteiger partial charge in [0, 0.05) is 18.9 Å². The zero-order valence-corrected chi connectivity index (χ0v) is 12.2. The van der Waals surface area contributed by atoms with Gasteiger partial charge in [-0.15, -0.1) is 0 Å². The lowest BCUT2D eigenvalue weighted by Gasteiger charge is -2.30. The summed E-state index contributed by atoms with van der Waals surface area (Å²) in [5, 5.41) is 3.50. The zero-order chi connectivity index (χ0) is 14.3. The molecule has 0 bridgehead atoms. The minimum absolute atomic E-state index is 0.299. The first kappa shape index (κ1) is 14.2. The Morgan fingerprint density at radius 3 is 2.71 bits per heavy atom. The van der Waals surface area contributed by atoms with Gasteiger partial charge < -0.3 is 10.1 Å². The third kappa shape index (κ3) is 4.38. The second kappa shape index (κ2) is 7.34. The molecular weight excluding hydrogens is 260 g/mol. The van der Waals surface area contributed by atoms with Gasteiger partial charge in [0.25, 0.3) is 0 Å². The van der Waals surface area contributed by atoms with Crippen LogP contribution >= 0.6 is 0 Å². The number of piperidine rings is 1. The first-order valence-electron chi connectivity index (χ1n) is 7.65. The predicted molar refractivity (Wildman–Crippen MR) is 83.9 cm³/mol. The molecule has 3 rings (SSSR count). The van der Waals surface area contributed by atoms with Crippen molar-refractivity contribution in [3.63, 3.8) is 0 Å². The molecule has 1 fully saturated rings. The molecule has 0 saturated carbocycles. The van der Waals surface area contributed by atoms with E-state index in [1.807, 2.05) is 12.3 Å². The highest BCUT2D eigenvalue weighted by atomic mass is 16.5. The number of rotatable bonds is 5. The number of benzene rings is 1. The molecule has 110 valence electrons. The topological polar surface area (TPSA) is 34.1 Å². The SMILES string of the molecule is c1ccc(CC2CNC[C@H](OCc3cccnc3)C2)cc1. The van der Waals surface area contributed by atoms with Crippen LogP contribution in [0.1, 0.15) is 17.5 Å². The lowest BCUT2D eigenvalue weighted by atomic mass is 9.91. The highest BCUT2D eigenvalue weighted by Gasteiger charge is 2.22. The van der Waals surface area contributed by atoms with Crippen LogP contribution in [-0.4, -0.2) is 24.2 Å². The highest BCUT2D eigenvalue weighted by Crippen LogP contribution is 2.19. The van der Waals surface area contributed by atoms with E-state index in [0.29, 0.717) is 18.6 Å². The number of nitrogens with zero attached hydrogens (tertiary/aromatic N) is 1. The van der Waals surface area contributed by atoms with E-state index in [9.17, 15) is 0 Å². The molecule has 0 radical (unpaired) electrons. The van der Waals surface area contributed by atoms with Crippen LogP contribution in [-0.2, 0) is 17.8 Å². The molecule has 2 heterocycles. The van der Waals surface area contributed by atoms with Crippen LogP contribution in [0.5, 0.6) is 0 Å². The summed E-state index contributed by atoms with van der Waals surface area (Å²) in [6.45, 7) is 2.69. The molecule has 2 aromatic rings. The Morgan fingerprint density at radius 2 is 1.90 bits per heavy atom. The van der Waals surface area contributed by atoms with Crippen molar-refractivity contribution in [3.8, 4) is 0 Å². The van der Waals surface area contributed by atoms with Crippen LogP contribution in [0.15, 0.2) is 54.9 Å². The van der Waals surface area contributed by atoms with E-state index in [-0.39, 0.29) is 0 Å². The lowest BCUT2D eigenvalue weighted by molar-refractivity contribution is 0.0113. The minimum Gasteiger partial charge on any atom is -0.372 e. The van der Waals surface area contributed by atoms with Gasteiger partial charge in [0.2, 0.25) is 0 Å². The van der Waals surface area contributed by atoms with Crippen molar-refractivity contribution in [2.45, 2.75) is 25.6 Å². The van der Waals surface area contributed by atoms with Crippen molar-refractivity contribution in [1.82, 2.24) is 10.3 Å². The van der Waals surface area contributed by atoms with Crippen LogP contribution in [0.25, 0.3) is 0 Å². The molecule has 21 heavy (non-hydrogen) atoms. The molecule has 1 aliphatic heterocycles. The van der Waals surface area contributed by atoms with Crippen molar-refractivity contribution in [1.29, 1.82) is 0 Å². The first-order chi connectivity index (χ1) is 10.4. The van der Waals surface area contributed by atoms with Gasteiger partial charge in [-0.1, -0.05) is 36.4 Å². The quantitative estimate of drug-likeness (QED) is 0.915. The molecule has 1 saturated heterocycles. The summed E-state index contributed by atoms with van der Waals surface area (Å²) >= 11 is 0. The van der Waals surface area contributed by atoms with Crippen LogP contribution in [0.4, 0.5) is 0 Å². The number of hydrogen-bond acceptors (Lipinski definition) is 3. The van der Waals surface area contributed by atoms with E-state index < -0.39 is 0 Å². The minimum atomic E-state index is 0.299. The van der Waals surface area contributed by atoms with Crippen LogP contribution in [0, 0.1) is 5.92 Å². The van der Waals surface area contributed by atoms with Crippen LogP contribution in [0.2, 0.25) is 0 Å². The molecular formula is C18H22N2O. The summed E-state index contributed by atoms with van der Waals surface area (Å²) < 4.78 is 6.03. The summed E-state index contributed by atoms with van der Waals surface area (Å²) in [4.78, 5) is 4.12. The van der Waals surface area contributed by atoms with Gasteiger partial charge in [-0.2, -0.15) is 0 Å². The van der Waals surface area contributed by atoms with Gasteiger partial charge in [0.15, 0.2) is 0 Å². The molecule has 1 aliphatic rings. The number of pyridine rings is 1. The van der Waals surface area contributed by atoms with Gasteiger partial charge in [-0.3, -0.25) is 4.98 Å². The second-order valence-electron chi connectivity index (χ2n) is 5.74. The Hall–Kier alpha value is -1.71. The van der Waals surface area contributed by atoms with Crippen molar-refractivity contribution in [2.24, 2.45) is 5.92 Å². The number of nitrogens with one attached hydrogen (secondary N) is 1. The van der Waals surface area contributed by atoms with Gasteiger partial charge in [-0.05, 0) is 42.5 Å². The fraction of sp³-hybridized carbons (Fsp3) is 0.389. The Bertz CT molecular complexity index is 529. The molecule has 3 nitrogen and oxygen atoms in total. The summed E-state index contributed by atoms with van der Waals surface area (Å²) in [6.07, 6.45) is 6.22. The summed E-state index contributed by atoms with van der Waals surface area (Å²) in [5.74, 6) is 0.653. The summed E-state index contributed by atoms with van der Waals surface area (Å²) in [6, 6.07) is 14.7. The van der Waals surface area contributed by atoms with Gasteiger partial charge in [-0.25, -0.2) is 0 Å². The molecule has 0 aliphatic carbocycles. The van der Waals surface area contributed by atoms with Crippen molar-refractivity contribution < 1.29 is 4.74 Å². The van der Waals surface area contributed by atoms with E-state index in [0.717, 1.165) is 31.5 Å². The molecule has 1 unspecified atom stereocenters. The number of ether oxygens (including phenoxy) is 1. The molecule has 1 aromatic heterocycles. The number of hydrogen-bond donors (Lipinski definition) is 1. The summed E-state index contributed by atoms with van der Waals surface area (Å²) in [7, 11) is 0. The molecule has 0 amide bonds.